The zero-order valence-electron chi connectivity index (χ0n) is 14.9. The lowest BCUT2D eigenvalue weighted by Gasteiger charge is -2.30. The van der Waals surface area contributed by atoms with Crippen LogP contribution >= 0.6 is 0 Å². The molecule has 126 valence electrons. The first kappa shape index (κ1) is 19.0. The first-order chi connectivity index (χ1) is 10.4. The predicted molar refractivity (Wildman–Crippen MR) is 93.8 cm³/mol. The summed E-state index contributed by atoms with van der Waals surface area (Å²) in [6.07, 6.45) is 20.0. The highest BCUT2D eigenvalue weighted by molar-refractivity contribution is 4.73. The molecule has 0 N–H and O–H groups in total. The fraction of sp³-hybridized carbons (Fsp3) is 1.00. The summed E-state index contributed by atoms with van der Waals surface area (Å²) in [5, 5.41) is 0. The third kappa shape index (κ3) is 9.55. The molecule has 0 spiro atoms. The zero-order valence-corrected chi connectivity index (χ0v) is 14.9. The lowest BCUT2D eigenvalue weighted by Crippen LogP contribution is -2.23. The first-order valence-electron chi connectivity index (χ1n) is 9.96. The summed E-state index contributed by atoms with van der Waals surface area (Å²) in [6, 6.07) is 0. The first-order valence-corrected chi connectivity index (χ1v) is 9.96. The smallest absolute Gasteiger partial charge is 0.0468 e. The molecule has 0 aromatic heterocycles. The predicted octanol–water partition coefficient (Wildman–Crippen LogP) is 6.75. The highest BCUT2D eigenvalue weighted by Crippen LogP contribution is 2.32. The second-order valence-electron chi connectivity index (χ2n) is 7.12. The Bertz CT molecular complexity index is 194. The molecule has 0 aromatic rings. The van der Waals surface area contributed by atoms with Gasteiger partial charge in [-0.15, -0.1) is 0 Å². The summed E-state index contributed by atoms with van der Waals surface area (Å²) >= 11 is 0. The van der Waals surface area contributed by atoms with E-state index in [1.54, 1.807) is 0 Å². The lowest BCUT2D eigenvalue weighted by molar-refractivity contribution is 0.0422. The molecule has 0 bridgehead atoms. The zero-order chi connectivity index (χ0) is 15.2. The molecule has 1 fully saturated rings. The Kier molecular flexibility index (Phi) is 12.3. The van der Waals surface area contributed by atoms with Gasteiger partial charge < -0.3 is 4.74 Å². The Hall–Kier alpha value is -0.0400. The molecule has 1 aliphatic rings. The van der Waals surface area contributed by atoms with Gasteiger partial charge in [-0.25, -0.2) is 0 Å². The van der Waals surface area contributed by atoms with E-state index in [9.17, 15) is 0 Å². The summed E-state index contributed by atoms with van der Waals surface area (Å²) in [5.74, 6) is 1.97. The molecule has 0 amide bonds. The molecule has 0 atom stereocenters. The maximum absolute atomic E-state index is 5.57. The van der Waals surface area contributed by atoms with Crippen molar-refractivity contribution in [2.75, 3.05) is 13.2 Å². The van der Waals surface area contributed by atoms with Crippen molar-refractivity contribution in [3.8, 4) is 0 Å². The van der Waals surface area contributed by atoms with Crippen molar-refractivity contribution in [3.05, 3.63) is 0 Å². The number of unbranched alkanes of at least 4 members (excludes halogenated alkanes) is 8. The maximum atomic E-state index is 5.57. The average Bonchev–Trinajstić information content (AvgIpc) is 2.53. The van der Waals surface area contributed by atoms with Crippen molar-refractivity contribution in [2.45, 2.75) is 104 Å². The fourth-order valence-electron chi connectivity index (χ4n) is 3.82. The second-order valence-corrected chi connectivity index (χ2v) is 7.12. The van der Waals surface area contributed by atoms with Crippen LogP contribution in [0.3, 0.4) is 0 Å². The highest BCUT2D eigenvalue weighted by Gasteiger charge is 2.23. The van der Waals surface area contributed by atoms with Crippen LogP contribution in [0.15, 0.2) is 0 Å². The maximum Gasteiger partial charge on any atom is 0.0468 e. The van der Waals surface area contributed by atoms with Crippen molar-refractivity contribution < 1.29 is 4.74 Å². The van der Waals surface area contributed by atoms with E-state index >= 15 is 0 Å². The Balaban J connectivity index is 2.20. The van der Waals surface area contributed by atoms with Crippen LogP contribution in [0.25, 0.3) is 0 Å². The van der Waals surface area contributed by atoms with Gasteiger partial charge in [-0.2, -0.15) is 0 Å². The number of ether oxygens (including phenoxy) is 1. The lowest BCUT2D eigenvalue weighted by atomic mass is 9.79. The molecule has 21 heavy (non-hydrogen) atoms. The average molecular weight is 297 g/mol. The van der Waals surface area contributed by atoms with Crippen molar-refractivity contribution in [1.82, 2.24) is 0 Å². The van der Waals surface area contributed by atoms with Crippen LogP contribution in [0.5, 0.6) is 0 Å². The Morgan fingerprint density at radius 1 is 0.714 bits per heavy atom. The van der Waals surface area contributed by atoms with E-state index in [1.165, 1.54) is 89.9 Å². The summed E-state index contributed by atoms with van der Waals surface area (Å²) < 4.78 is 5.57. The molecule has 1 heterocycles. The molecule has 1 aliphatic heterocycles. The fourth-order valence-corrected chi connectivity index (χ4v) is 3.82. The Labute approximate surface area is 134 Å². The van der Waals surface area contributed by atoms with Gasteiger partial charge in [0.2, 0.25) is 0 Å². The summed E-state index contributed by atoms with van der Waals surface area (Å²) in [5.41, 5.74) is 0. The van der Waals surface area contributed by atoms with Crippen molar-refractivity contribution in [3.63, 3.8) is 0 Å². The van der Waals surface area contributed by atoms with Gasteiger partial charge in [0.25, 0.3) is 0 Å². The second kappa shape index (κ2) is 13.6. The minimum atomic E-state index is 0.969. The van der Waals surface area contributed by atoms with E-state index in [1.807, 2.05) is 0 Å². The topological polar surface area (TPSA) is 9.23 Å². The van der Waals surface area contributed by atoms with E-state index in [4.69, 9.17) is 4.74 Å². The van der Waals surface area contributed by atoms with Gasteiger partial charge in [-0.05, 0) is 24.7 Å². The monoisotopic (exact) mass is 296 g/mol. The summed E-state index contributed by atoms with van der Waals surface area (Å²) in [7, 11) is 0. The van der Waals surface area contributed by atoms with Crippen LogP contribution in [0.4, 0.5) is 0 Å². The van der Waals surface area contributed by atoms with Gasteiger partial charge in [0, 0.05) is 13.2 Å². The van der Waals surface area contributed by atoms with Crippen LogP contribution in [0.2, 0.25) is 0 Å². The minimum Gasteiger partial charge on any atom is -0.381 e. The van der Waals surface area contributed by atoms with Gasteiger partial charge in [-0.1, -0.05) is 90.9 Å². The molecular formula is C20H40O. The van der Waals surface area contributed by atoms with Crippen molar-refractivity contribution in [2.24, 2.45) is 11.8 Å². The van der Waals surface area contributed by atoms with Crippen molar-refractivity contribution in [1.29, 1.82) is 0 Å². The molecule has 0 aliphatic carbocycles. The molecule has 1 saturated heterocycles. The Morgan fingerprint density at radius 2 is 1.19 bits per heavy atom. The molecule has 0 saturated carbocycles. The van der Waals surface area contributed by atoms with Gasteiger partial charge in [0.05, 0.1) is 0 Å². The van der Waals surface area contributed by atoms with Gasteiger partial charge in [0.1, 0.15) is 0 Å². The number of hydrogen-bond acceptors (Lipinski definition) is 1. The standard InChI is InChI=1S/C20H40O/c1-3-5-7-9-11-13-19(14-12-10-8-6-4-2)20-15-17-21-18-16-20/h19-20H,3-18H2,1-2H3. The summed E-state index contributed by atoms with van der Waals surface area (Å²) in [6.45, 7) is 6.65. The third-order valence-corrected chi connectivity index (χ3v) is 5.29. The van der Waals surface area contributed by atoms with E-state index < -0.39 is 0 Å². The van der Waals surface area contributed by atoms with Gasteiger partial charge in [0.15, 0.2) is 0 Å². The largest absolute Gasteiger partial charge is 0.381 e. The van der Waals surface area contributed by atoms with Gasteiger partial charge in [-0.3, -0.25) is 0 Å². The van der Waals surface area contributed by atoms with E-state index in [2.05, 4.69) is 13.8 Å². The molecule has 1 rings (SSSR count). The molecule has 0 unspecified atom stereocenters. The van der Waals surface area contributed by atoms with E-state index in [0.717, 1.165) is 25.0 Å². The van der Waals surface area contributed by atoms with Crippen LogP contribution in [0, 0.1) is 11.8 Å². The van der Waals surface area contributed by atoms with Crippen LogP contribution in [0.1, 0.15) is 104 Å². The number of rotatable bonds is 13. The minimum absolute atomic E-state index is 0.969. The van der Waals surface area contributed by atoms with E-state index in [0.29, 0.717) is 0 Å². The van der Waals surface area contributed by atoms with Crippen LogP contribution in [-0.2, 0) is 4.74 Å². The quantitative estimate of drug-likeness (QED) is 0.341. The van der Waals surface area contributed by atoms with E-state index in [-0.39, 0.29) is 0 Å². The van der Waals surface area contributed by atoms with Gasteiger partial charge >= 0.3 is 0 Å². The normalized spacial score (nSPS) is 16.7. The van der Waals surface area contributed by atoms with Crippen LogP contribution in [-0.4, -0.2) is 13.2 Å². The Morgan fingerprint density at radius 3 is 1.67 bits per heavy atom. The molecule has 0 radical (unpaired) electrons. The summed E-state index contributed by atoms with van der Waals surface area (Å²) in [4.78, 5) is 0. The number of hydrogen-bond donors (Lipinski definition) is 0. The molecule has 1 heteroatoms. The highest BCUT2D eigenvalue weighted by atomic mass is 16.5. The third-order valence-electron chi connectivity index (χ3n) is 5.29. The van der Waals surface area contributed by atoms with Crippen LogP contribution < -0.4 is 0 Å². The SMILES string of the molecule is CCCCCCCC(CCCCCCC)C1CCOCC1. The van der Waals surface area contributed by atoms with Crippen molar-refractivity contribution >= 4 is 0 Å². The molecule has 1 nitrogen and oxygen atoms in total. The molecule has 0 aromatic carbocycles. The molecular weight excluding hydrogens is 256 g/mol.